The number of benzene rings is 2. The number of carbonyl (C=O) groups excluding carboxylic acids is 7. The van der Waals surface area contributed by atoms with E-state index in [1.165, 1.54) is 9.80 Å². The van der Waals surface area contributed by atoms with Gasteiger partial charge in [0.05, 0.1) is 52.1 Å². The third-order valence-electron chi connectivity index (χ3n) is 10.1. The minimum absolute atomic E-state index is 0.108. The second-order valence-corrected chi connectivity index (χ2v) is 18.6. The number of thiophene rings is 2. The Morgan fingerprint density at radius 2 is 1.10 bits per heavy atom. The summed E-state index contributed by atoms with van der Waals surface area (Å²) in [5.41, 5.74) is 1.11. The number of hydrogen-bond donors (Lipinski definition) is 3. The zero-order valence-corrected chi connectivity index (χ0v) is 35.4. The second-order valence-electron chi connectivity index (χ2n) is 15.2. The molecule has 308 valence electrons. The van der Waals surface area contributed by atoms with Gasteiger partial charge in [-0.2, -0.15) is 0 Å². The van der Waals surface area contributed by atoms with Crippen LogP contribution in [0.1, 0.15) is 107 Å². The first-order valence-corrected chi connectivity index (χ1v) is 21.3. The molecule has 14 nitrogen and oxygen atoms in total. The monoisotopic (exact) mass is 878 g/mol. The van der Waals surface area contributed by atoms with Gasteiger partial charge in [0.1, 0.15) is 5.60 Å². The minimum Gasteiger partial charge on any atom is -0.444 e. The van der Waals surface area contributed by atoms with E-state index in [1.54, 1.807) is 86.3 Å². The van der Waals surface area contributed by atoms with Crippen molar-refractivity contribution in [1.82, 2.24) is 20.0 Å². The average Bonchev–Trinajstić information content (AvgIpc) is 3.97. The van der Waals surface area contributed by atoms with E-state index in [0.717, 1.165) is 48.6 Å². The Morgan fingerprint density at radius 3 is 1.51 bits per heavy atom. The Kier molecular flexibility index (Phi) is 12.3. The molecule has 8 rings (SSSR count). The average molecular weight is 880 g/mol. The molecular weight excluding hydrogens is 840 g/mol. The quantitative estimate of drug-likeness (QED) is 0.164. The summed E-state index contributed by atoms with van der Waals surface area (Å²) >= 11 is 14.1. The smallest absolute Gasteiger partial charge is 0.410 e. The van der Waals surface area contributed by atoms with Gasteiger partial charge in [-0.15, -0.1) is 22.7 Å². The van der Waals surface area contributed by atoms with Gasteiger partial charge >= 0.3 is 6.09 Å². The number of nitrogens with one attached hydrogen (secondary N) is 3. The highest BCUT2D eigenvalue weighted by atomic mass is 35.5. The van der Waals surface area contributed by atoms with E-state index in [2.05, 4.69) is 16.0 Å². The summed E-state index contributed by atoms with van der Waals surface area (Å²) in [5, 5.41) is 8.71. The number of fused-ring (bicyclic) bond motifs is 2. The Balaban J connectivity index is 0.000000184. The van der Waals surface area contributed by atoms with Crippen molar-refractivity contribution in [1.29, 1.82) is 0 Å². The number of nitrogens with zero attached hydrogens (tertiary/aromatic N) is 3. The molecule has 2 aromatic carbocycles. The van der Waals surface area contributed by atoms with Crippen molar-refractivity contribution in [3.63, 3.8) is 0 Å². The molecule has 59 heavy (non-hydrogen) atoms. The SMILES string of the molecule is CC(C)(C)OC(=O)N1CCC(N2C(=O)c3cccc(NC(=O)c4ccc(Cl)s4)c3C2=O)CC1.O=C(Nc1cccc2c1C(=O)N(C1CCNCC1)C2=O)c1ccc(Cl)s1. The Bertz CT molecular complexity index is 2360. The lowest BCUT2D eigenvalue weighted by Gasteiger charge is -2.36. The Morgan fingerprint density at radius 1 is 0.661 bits per heavy atom. The van der Waals surface area contributed by atoms with Gasteiger partial charge < -0.3 is 25.6 Å². The number of ether oxygens (including phenoxy) is 1. The van der Waals surface area contributed by atoms with Crippen LogP contribution in [0.3, 0.4) is 0 Å². The number of imide groups is 2. The molecule has 4 aliphatic heterocycles. The summed E-state index contributed by atoms with van der Waals surface area (Å²) in [6, 6.07) is 15.8. The molecule has 2 aromatic heterocycles. The summed E-state index contributed by atoms with van der Waals surface area (Å²) in [4.78, 5) is 94.5. The van der Waals surface area contributed by atoms with Gasteiger partial charge in [0.15, 0.2) is 0 Å². The summed E-state index contributed by atoms with van der Waals surface area (Å²) in [7, 11) is 0. The van der Waals surface area contributed by atoms with Crippen molar-refractivity contribution in [3.05, 3.63) is 101 Å². The second kappa shape index (κ2) is 17.2. The van der Waals surface area contributed by atoms with Crippen molar-refractivity contribution in [2.45, 2.75) is 64.1 Å². The van der Waals surface area contributed by atoms with Gasteiger partial charge in [-0.1, -0.05) is 35.3 Å². The van der Waals surface area contributed by atoms with Gasteiger partial charge in [-0.25, -0.2) is 4.79 Å². The molecule has 0 bridgehead atoms. The molecule has 4 aromatic rings. The molecule has 7 amide bonds. The molecule has 0 aliphatic carbocycles. The summed E-state index contributed by atoms with van der Waals surface area (Å²) in [6.45, 7) is 7.74. The highest BCUT2D eigenvalue weighted by Crippen LogP contribution is 2.35. The van der Waals surface area contributed by atoms with Crippen LogP contribution >= 0.6 is 45.9 Å². The number of anilines is 2. The van der Waals surface area contributed by atoms with Crippen LogP contribution in [-0.2, 0) is 4.74 Å². The van der Waals surface area contributed by atoms with Crippen molar-refractivity contribution >= 4 is 98.8 Å². The molecule has 0 unspecified atom stereocenters. The van der Waals surface area contributed by atoms with Crippen LogP contribution in [0.5, 0.6) is 0 Å². The van der Waals surface area contributed by atoms with Crippen LogP contribution in [0.25, 0.3) is 0 Å². The van der Waals surface area contributed by atoms with Crippen molar-refractivity contribution in [3.8, 4) is 0 Å². The molecule has 3 N–H and O–H groups in total. The summed E-state index contributed by atoms with van der Waals surface area (Å²) < 4.78 is 6.40. The predicted octanol–water partition coefficient (Wildman–Crippen LogP) is 7.65. The van der Waals surface area contributed by atoms with Gasteiger partial charge in [0.25, 0.3) is 35.4 Å². The molecular formula is C41H40Cl2N6O8S2. The number of amides is 7. The topological polar surface area (TPSA) is 175 Å². The van der Waals surface area contributed by atoms with Crippen molar-refractivity contribution in [2.75, 3.05) is 36.8 Å². The fourth-order valence-electron chi connectivity index (χ4n) is 7.42. The molecule has 0 spiro atoms. The van der Waals surface area contributed by atoms with E-state index < -0.39 is 23.5 Å². The van der Waals surface area contributed by atoms with Crippen LogP contribution in [-0.4, -0.2) is 100 Å². The number of halogens is 2. The third kappa shape index (κ3) is 8.92. The Hall–Kier alpha value is -5.13. The zero-order chi connectivity index (χ0) is 42.2. The Labute approximate surface area is 357 Å². The van der Waals surface area contributed by atoms with Crippen LogP contribution < -0.4 is 16.0 Å². The number of piperidine rings is 2. The minimum atomic E-state index is -0.592. The third-order valence-corrected chi connectivity index (χ3v) is 12.6. The molecule has 6 heterocycles. The number of carbonyl (C=O) groups is 7. The number of rotatable bonds is 6. The summed E-state index contributed by atoms with van der Waals surface area (Å²) in [5.74, 6) is -2.20. The first-order chi connectivity index (χ1) is 28.1. The van der Waals surface area contributed by atoms with Gasteiger partial charge in [-0.05, 0) is 108 Å². The first kappa shape index (κ1) is 42.0. The lowest BCUT2D eigenvalue weighted by atomic mass is 10.0. The van der Waals surface area contributed by atoms with Crippen LogP contribution in [0, 0.1) is 0 Å². The van der Waals surface area contributed by atoms with Crippen LogP contribution in [0.4, 0.5) is 16.2 Å². The van der Waals surface area contributed by atoms with E-state index >= 15 is 0 Å². The number of likely N-dealkylation sites (tertiary alicyclic amines) is 1. The highest BCUT2D eigenvalue weighted by Gasteiger charge is 2.44. The van der Waals surface area contributed by atoms with E-state index in [4.69, 9.17) is 27.9 Å². The molecule has 2 saturated heterocycles. The maximum Gasteiger partial charge on any atom is 0.410 e. The largest absolute Gasteiger partial charge is 0.444 e. The van der Waals surface area contributed by atoms with Gasteiger partial charge in [0.2, 0.25) is 0 Å². The normalized spacial score (nSPS) is 17.1. The molecule has 4 aliphatic rings. The van der Waals surface area contributed by atoms with Crippen molar-refractivity contribution < 1.29 is 38.3 Å². The van der Waals surface area contributed by atoms with Crippen LogP contribution in [0.2, 0.25) is 8.67 Å². The van der Waals surface area contributed by atoms with Crippen molar-refractivity contribution in [2.24, 2.45) is 0 Å². The molecule has 2 fully saturated rings. The zero-order valence-electron chi connectivity index (χ0n) is 32.3. The molecule has 18 heteroatoms. The number of hydrogen-bond acceptors (Lipinski definition) is 11. The molecule has 0 saturated carbocycles. The van der Waals surface area contributed by atoms with E-state index in [-0.39, 0.29) is 58.1 Å². The van der Waals surface area contributed by atoms with E-state index in [0.29, 0.717) is 55.6 Å². The van der Waals surface area contributed by atoms with Gasteiger partial charge in [-0.3, -0.25) is 38.6 Å². The van der Waals surface area contributed by atoms with Gasteiger partial charge in [0, 0.05) is 25.2 Å². The maximum atomic E-state index is 13.3. The fourth-order valence-corrected chi connectivity index (χ4v) is 9.29. The van der Waals surface area contributed by atoms with Crippen LogP contribution in [0.15, 0.2) is 60.7 Å². The molecule has 0 radical (unpaired) electrons. The predicted molar refractivity (Wildman–Crippen MR) is 225 cm³/mol. The lowest BCUT2D eigenvalue weighted by Crippen LogP contribution is -2.49. The maximum absolute atomic E-state index is 13.3. The summed E-state index contributed by atoms with van der Waals surface area (Å²) in [6.07, 6.45) is 1.99. The van der Waals surface area contributed by atoms with E-state index in [9.17, 15) is 33.6 Å². The molecule has 0 atom stereocenters. The standard InChI is InChI=1S/C23H24ClN3O5S.C18H16ClN3O3S/c1-23(2,3)32-22(31)26-11-9-13(10-12-26)27-20(29)14-5-4-6-15(18(14)21(27)30)25-19(28)16-7-8-17(24)33-16;19-14-5-4-13(26-14)16(23)21-12-3-1-2-11-15(12)18(25)22(17(11)24)10-6-8-20-9-7-10/h4-8,13H,9-12H2,1-3H3,(H,25,28);1-5,10,20H,6-9H2,(H,21,23). The fraction of sp³-hybridized carbons (Fsp3) is 0.341. The first-order valence-electron chi connectivity index (χ1n) is 18.9. The van der Waals surface area contributed by atoms with E-state index in [1.807, 2.05) is 0 Å². The highest BCUT2D eigenvalue weighted by molar-refractivity contribution is 7.18. The lowest BCUT2D eigenvalue weighted by molar-refractivity contribution is 0.0155.